The van der Waals surface area contributed by atoms with Crippen LogP contribution in [0.4, 0.5) is 0 Å². The first-order valence-corrected chi connectivity index (χ1v) is 10.5. The van der Waals surface area contributed by atoms with Crippen molar-refractivity contribution in [2.45, 2.75) is 71.0 Å². The zero-order valence-corrected chi connectivity index (χ0v) is 16.7. The molecular weight excluding hydrogens is 330 g/mol. The summed E-state index contributed by atoms with van der Waals surface area (Å²) in [5.74, 6) is 0.699. The topological polar surface area (TPSA) is 20.3 Å². The lowest BCUT2D eigenvalue weighted by molar-refractivity contribution is -0.126. The van der Waals surface area contributed by atoms with Crippen molar-refractivity contribution >= 4 is 5.78 Å². The normalized spacial score (nSPS) is 25.3. The monoisotopic (exact) mass is 361 g/mol. The van der Waals surface area contributed by atoms with Gasteiger partial charge in [0.05, 0.1) is 0 Å². The zero-order valence-electron chi connectivity index (χ0n) is 16.7. The summed E-state index contributed by atoms with van der Waals surface area (Å²) < 4.78 is 0. The van der Waals surface area contributed by atoms with Crippen LogP contribution >= 0.6 is 0 Å². The third-order valence-electron chi connectivity index (χ3n) is 6.45. The molecule has 2 unspecified atom stereocenters. The van der Waals surface area contributed by atoms with E-state index in [0.29, 0.717) is 24.3 Å². The predicted octanol–water partition coefficient (Wildman–Crippen LogP) is 5.25. The van der Waals surface area contributed by atoms with Crippen LogP contribution in [0.5, 0.6) is 0 Å². The van der Waals surface area contributed by atoms with Gasteiger partial charge in [0.15, 0.2) is 0 Å². The van der Waals surface area contributed by atoms with E-state index in [-0.39, 0.29) is 5.92 Å². The fourth-order valence-corrected chi connectivity index (χ4v) is 5.31. The number of carbonyl (C=O) groups is 1. The fraction of sp³-hybridized carbons (Fsp3) is 0.480. The van der Waals surface area contributed by atoms with Crippen LogP contribution in [0.15, 0.2) is 48.5 Å². The van der Waals surface area contributed by atoms with E-state index in [2.05, 4.69) is 67.3 Å². The summed E-state index contributed by atoms with van der Waals surface area (Å²) in [6.45, 7) is 5.27. The van der Waals surface area contributed by atoms with Gasteiger partial charge >= 0.3 is 0 Å². The summed E-state index contributed by atoms with van der Waals surface area (Å²) in [6.07, 6.45) is 6.51. The molecule has 2 bridgehead atoms. The van der Waals surface area contributed by atoms with E-state index in [1.54, 1.807) is 0 Å². The fourth-order valence-electron chi connectivity index (χ4n) is 5.31. The number of benzene rings is 2. The average Bonchev–Trinajstić information content (AvgIpc) is 2.61. The van der Waals surface area contributed by atoms with Crippen LogP contribution in [0, 0.1) is 19.8 Å². The van der Waals surface area contributed by atoms with Crippen LogP contribution in [0.3, 0.4) is 0 Å². The molecule has 2 aromatic rings. The molecule has 2 heterocycles. The minimum absolute atomic E-state index is 0.244. The average molecular weight is 362 g/mol. The summed E-state index contributed by atoms with van der Waals surface area (Å²) in [5.41, 5.74) is 5.10. The van der Waals surface area contributed by atoms with Gasteiger partial charge in [-0.05, 0) is 50.7 Å². The number of carbonyl (C=O) groups excluding carboxylic acids is 1. The van der Waals surface area contributed by atoms with E-state index in [1.165, 1.54) is 41.5 Å². The Morgan fingerprint density at radius 2 is 1.56 bits per heavy atom. The predicted molar refractivity (Wildman–Crippen MR) is 111 cm³/mol. The molecule has 2 nitrogen and oxygen atoms in total. The molecule has 0 saturated carbocycles. The highest BCUT2D eigenvalue weighted by molar-refractivity contribution is 5.83. The molecule has 2 heteroatoms. The molecule has 0 radical (unpaired) electrons. The second kappa shape index (κ2) is 7.98. The molecule has 0 N–H and O–H groups in total. The van der Waals surface area contributed by atoms with E-state index in [9.17, 15) is 4.79 Å². The number of Topliss-reactive ketones (excluding diaryl/α,β-unsaturated/α-hetero) is 1. The zero-order chi connectivity index (χ0) is 18.8. The maximum absolute atomic E-state index is 13.1. The van der Waals surface area contributed by atoms with E-state index >= 15 is 0 Å². The smallest absolute Gasteiger partial charge is 0.140 e. The lowest BCUT2D eigenvalue weighted by atomic mass is 9.75. The third kappa shape index (κ3) is 4.32. The Balaban J connectivity index is 1.44. The minimum atomic E-state index is 0.244. The lowest BCUT2D eigenvalue weighted by Gasteiger charge is -2.48. The van der Waals surface area contributed by atoms with Crippen LogP contribution < -0.4 is 0 Å². The Morgan fingerprint density at radius 1 is 0.926 bits per heavy atom. The summed E-state index contributed by atoms with van der Waals surface area (Å²) >= 11 is 0. The first-order chi connectivity index (χ1) is 13.1. The first-order valence-electron chi connectivity index (χ1n) is 10.5. The third-order valence-corrected chi connectivity index (χ3v) is 6.45. The summed E-state index contributed by atoms with van der Waals surface area (Å²) in [4.78, 5) is 15.8. The van der Waals surface area contributed by atoms with Crippen molar-refractivity contribution in [3.8, 4) is 0 Å². The number of ketones is 1. The molecular formula is C25H31NO. The number of piperidine rings is 2. The lowest BCUT2D eigenvalue weighted by Crippen LogP contribution is -2.52. The van der Waals surface area contributed by atoms with Crippen molar-refractivity contribution in [1.29, 1.82) is 0 Å². The molecule has 142 valence electrons. The van der Waals surface area contributed by atoms with E-state index in [0.717, 1.165) is 19.4 Å². The van der Waals surface area contributed by atoms with Crippen molar-refractivity contribution < 1.29 is 4.79 Å². The Bertz CT molecular complexity index is 763. The van der Waals surface area contributed by atoms with Crippen molar-refractivity contribution in [2.75, 3.05) is 0 Å². The molecule has 2 aliphatic heterocycles. The summed E-state index contributed by atoms with van der Waals surface area (Å²) in [7, 11) is 0. The van der Waals surface area contributed by atoms with Gasteiger partial charge < -0.3 is 0 Å². The molecule has 0 aliphatic carbocycles. The van der Waals surface area contributed by atoms with Crippen LogP contribution in [0.1, 0.15) is 54.4 Å². The van der Waals surface area contributed by atoms with Crippen molar-refractivity contribution in [1.82, 2.24) is 4.90 Å². The van der Waals surface area contributed by atoms with Gasteiger partial charge in [-0.3, -0.25) is 9.69 Å². The molecule has 2 fully saturated rings. The van der Waals surface area contributed by atoms with E-state index in [4.69, 9.17) is 0 Å². The quantitative estimate of drug-likeness (QED) is 0.725. The van der Waals surface area contributed by atoms with Gasteiger partial charge in [-0.2, -0.15) is 0 Å². The van der Waals surface area contributed by atoms with Crippen LogP contribution in [0.2, 0.25) is 0 Å². The van der Waals surface area contributed by atoms with Gasteiger partial charge in [-0.1, -0.05) is 66.1 Å². The van der Waals surface area contributed by atoms with Crippen molar-refractivity contribution in [2.24, 2.45) is 5.92 Å². The molecule has 0 amide bonds. The van der Waals surface area contributed by atoms with Crippen LogP contribution in [-0.2, 0) is 17.8 Å². The van der Waals surface area contributed by atoms with Crippen molar-refractivity contribution in [3.63, 3.8) is 0 Å². The van der Waals surface area contributed by atoms with Gasteiger partial charge in [0.2, 0.25) is 0 Å². The molecule has 0 spiro atoms. The molecule has 2 aliphatic rings. The largest absolute Gasteiger partial charge is 0.299 e. The Morgan fingerprint density at radius 3 is 2.19 bits per heavy atom. The van der Waals surface area contributed by atoms with Gasteiger partial charge in [-0.25, -0.2) is 0 Å². The maximum Gasteiger partial charge on any atom is 0.140 e. The summed E-state index contributed by atoms with van der Waals surface area (Å²) in [5, 5.41) is 0. The second-order valence-electron chi connectivity index (χ2n) is 8.70. The Labute approximate surface area is 163 Å². The van der Waals surface area contributed by atoms with Gasteiger partial charge in [0.25, 0.3) is 0 Å². The van der Waals surface area contributed by atoms with Crippen molar-refractivity contribution in [3.05, 3.63) is 70.8 Å². The van der Waals surface area contributed by atoms with Gasteiger partial charge in [0.1, 0.15) is 5.78 Å². The summed E-state index contributed by atoms with van der Waals surface area (Å²) in [6, 6.07) is 18.5. The molecule has 27 heavy (non-hydrogen) atoms. The SMILES string of the molecule is Cc1cc(C)cc(CC(=O)C2CC3CCCC(C2)N3Cc2ccccc2)c1. The molecule has 2 atom stereocenters. The second-order valence-corrected chi connectivity index (χ2v) is 8.70. The molecule has 2 saturated heterocycles. The number of hydrogen-bond acceptors (Lipinski definition) is 2. The number of fused-ring (bicyclic) bond motifs is 2. The van der Waals surface area contributed by atoms with E-state index in [1.807, 2.05) is 0 Å². The number of hydrogen-bond donors (Lipinski definition) is 0. The number of nitrogens with zero attached hydrogens (tertiary/aromatic N) is 1. The molecule has 4 rings (SSSR count). The highest BCUT2D eigenvalue weighted by Gasteiger charge is 2.40. The number of rotatable bonds is 5. The Kier molecular flexibility index (Phi) is 5.45. The highest BCUT2D eigenvalue weighted by Crippen LogP contribution is 2.38. The maximum atomic E-state index is 13.1. The number of aryl methyl sites for hydroxylation is 2. The first kappa shape index (κ1) is 18.4. The van der Waals surface area contributed by atoms with Gasteiger partial charge in [-0.15, -0.1) is 0 Å². The van der Waals surface area contributed by atoms with Crippen LogP contribution in [-0.4, -0.2) is 22.8 Å². The Hall–Kier alpha value is -1.93. The minimum Gasteiger partial charge on any atom is -0.299 e. The standard InChI is InChI=1S/C25H31NO/c1-18-11-19(2)13-21(12-18)14-25(27)22-15-23-9-6-10-24(16-22)26(23)17-20-7-4-3-5-8-20/h3-5,7-8,11-13,22-24H,6,9-10,14-17H2,1-2H3. The highest BCUT2D eigenvalue weighted by atomic mass is 16.1. The molecule has 0 aromatic heterocycles. The van der Waals surface area contributed by atoms with E-state index < -0.39 is 0 Å². The molecule has 2 aromatic carbocycles. The van der Waals surface area contributed by atoms with Gasteiger partial charge in [0, 0.05) is 31.0 Å². The van der Waals surface area contributed by atoms with Crippen LogP contribution in [0.25, 0.3) is 0 Å².